The summed E-state index contributed by atoms with van der Waals surface area (Å²) in [5.74, 6) is 1.87. The molecule has 0 spiro atoms. The Morgan fingerprint density at radius 2 is 0.837 bits per heavy atom. The molecule has 9 aromatic rings. The van der Waals surface area contributed by atoms with Crippen LogP contribution in [-0.2, 0) is 0 Å². The summed E-state index contributed by atoms with van der Waals surface area (Å²) in [5.41, 5.74) is 9.20. The van der Waals surface area contributed by atoms with E-state index in [1.54, 1.807) is 0 Å². The Bertz CT molecular complexity index is 2630. The number of nitriles is 1. The first kappa shape index (κ1) is 28.3. The summed E-state index contributed by atoms with van der Waals surface area (Å²) in [6, 6.07) is 55.1. The van der Waals surface area contributed by atoms with Crippen LogP contribution in [0, 0.1) is 11.3 Å². The standard InChI is InChI=1S/C44H26N4O/c45-27-28-19-21-30(22-20-28)39-35-16-8-7-15-34(35)38(40-36-17-9-10-18-37(36)49-41(39)40)29-23-25-33(26-24-29)44-47-42(31-11-3-1-4-12-31)46-43(48-44)32-13-5-2-6-14-32/h1-26H. The van der Waals surface area contributed by atoms with Crippen LogP contribution in [0.15, 0.2) is 162 Å². The zero-order valence-corrected chi connectivity index (χ0v) is 26.2. The van der Waals surface area contributed by atoms with Crippen molar-refractivity contribution in [3.63, 3.8) is 0 Å². The Labute approximate surface area is 282 Å². The van der Waals surface area contributed by atoms with Crippen molar-refractivity contribution >= 4 is 32.7 Å². The molecule has 9 rings (SSSR count). The summed E-state index contributed by atoms with van der Waals surface area (Å²) in [7, 11) is 0. The molecule has 0 aliphatic carbocycles. The van der Waals surface area contributed by atoms with Crippen LogP contribution in [0.3, 0.4) is 0 Å². The number of furan rings is 1. The number of fused-ring (bicyclic) bond motifs is 4. The van der Waals surface area contributed by atoms with Crippen molar-refractivity contribution in [2.24, 2.45) is 0 Å². The van der Waals surface area contributed by atoms with Gasteiger partial charge in [0.2, 0.25) is 0 Å². The number of rotatable bonds is 5. The highest BCUT2D eigenvalue weighted by Gasteiger charge is 2.22. The average Bonchev–Trinajstić information content (AvgIpc) is 3.56. The summed E-state index contributed by atoms with van der Waals surface area (Å²) in [5, 5.41) is 13.7. The van der Waals surface area contributed by atoms with Crippen LogP contribution in [-0.4, -0.2) is 15.0 Å². The Morgan fingerprint density at radius 3 is 1.41 bits per heavy atom. The molecule has 0 N–H and O–H groups in total. The molecule has 0 radical (unpaired) electrons. The molecule has 5 nitrogen and oxygen atoms in total. The molecule has 0 atom stereocenters. The van der Waals surface area contributed by atoms with E-state index >= 15 is 0 Å². The van der Waals surface area contributed by atoms with Gasteiger partial charge in [-0.05, 0) is 40.1 Å². The topological polar surface area (TPSA) is 75.6 Å². The molecule has 0 saturated carbocycles. The third kappa shape index (κ3) is 4.91. The lowest BCUT2D eigenvalue weighted by Gasteiger charge is -2.15. The van der Waals surface area contributed by atoms with Gasteiger partial charge in [0.25, 0.3) is 0 Å². The molecular weight excluding hydrogens is 601 g/mol. The molecule has 2 aromatic heterocycles. The Balaban J connectivity index is 1.25. The fourth-order valence-electron chi connectivity index (χ4n) is 6.67. The first-order valence-electron chi connectivity index (χ1n) is 16.1. The van der Waals surface area contributed by atoms with E-state index in [4.69, 9.17) is 19.4 Å². The first-order valence-corrected chi connectivity index (χ1v) is 16.1. The first-order chi connectivity index (χ1) is 24.2. The summed E-state index contributed by atoms with van der Waals surface area (Å²) < 4.78 is 6.68. The number of hydrogen-bond donors (Lipinski definition) is 0. The van der Waals surface area contributed by atoms with Crippen molar-refractivity contribution in [2.75, 3.05) is 0 Å². The molecule has 0 bridgehead atoms. The van der Waals surface area contributed by atoms with Gasteiger partial charge in [0, 0.05) is 38.6 Å². The monoisotopic (exact) mass is 626 g/mol. The lowest BCUT2D eigenvalue weighted by molar-refractivity contribution is 0.670. The minimum Gasteiger partial charge on any atom is -0.455 e. The van der Waals surface area contributed by atoms with E-state index < -0.39 is 0 Å². The molecule has 5 heteroatoms. The second-order valence-corrected chi connectivity index (χ2v) is 11.9. The highest BCUT2D eigenvalue weighted by Crippen LogP contribution is 2.47. The Morgan fingerprint density at radius 1 is 0.408 bits per heavy atom. The predicted octanol–water partition coefficient (Wildman–Crippen LogP) is 11.1. The molecule has 0 saturated heterocycles. The molecule has 49 heavy (non-hydrogen) atoms. The fraction of sp³-hybridized carbons (Fsp3) is 0. The van der Waals surface area contributed by atoms with Crippen LogP contribution in [0.4, 0.5) is 0 Å². The zero-order chi connectivity index (χ0) is 32.7. The molecule has 0 aliphatic rings. The van der Waals surface area contributed by atoms with Crippen molar-refractivity contribution in [1.29, 1.82) is 5.26 Å². The molecule has 2 heterocycles. The number of nitrogens with zero attached hydrogens (tertiary/aromatic N) is 4. The normalized spacial score (nSPS) is 11.2. The van der Waals surface area contributed by atoms with Gasteiger partial charge in [0.15, 0.2) is 17.5 Å². The van der Waals surface area contributed by atoms with Crippen molar-refractivity contribution in [3.8, 4) is 62.5 Å². The summed E-state index contributed by atoms with van der Waals surface area (Å²) >= 11 is 0. The molecule has 0 aliphatic heterocycles. The predicted molar refractivity (Wildman–Crippen MR) is 197 cm³/mol. The van der Waals surface area contributed by atoms with E-state index in [1.807, 2.05) is 97.1 Å². The Hall–Kier alpha value is -6.90. The van der Waals surface area contributed by atoms with Gasteiger partial charge in [0.1, 0.15) is 11.2 Å². The van der Waals surface area contributed by atoms with Crippen LogP contribution < -0.4 is 0 Å². The van der Waals surface area contributed by atoms with Gasteiger partial charge in [-0.15, -0.1) is 0 Å². The second kappa shape index (κ2) is 11.7. The third-order valence-corrected chi connectivity index (χ3v) is 8.97. The zero-order valence-electron chi connectivity index (χ0n) is 26.2. The van der Waals surface area contributed by atoms with E-state index in [-0.39, 0.29) is 0 Å². The minimum atomic E-state index is 0.610. The van der Waals surface area contributed by atoms with Gasteiger partial charge in [-0.2, -0.15) is 5.26 Å². The quantitative estimate of drug-likeness (QED) is 0.190. The molecule has 0 amide bonds. The maximum atomic E-state index is 9.44. The fourth-order valence-corrected chi connectivity index (χ4v) is 6.67. The van der Waals surface area contributed by atoms with Crippen molar-refractivity contribution in [3.05, 3.63) is 163 Å². The average molecular weight is 627 g/mol. The number of para-hydroxylation sites is 1. The summed E-state index contributed by atoms with van der Waals surface area (Å²) in [6.07, 6.45) is 0. The van der Waals surface area contributed by atoms with E-state index in [9.17, 15) is 5.26 Å². The van der Waals surface area contributed by atoms with Crippen molar-refractivity contribution in [1.82, 2.24) is 15.0 Å². The van der Waals surface area contributed by atoms with Gasteiger partial charge in [0.05, 0.1) is 11.6 Å². The summed E-state index contributed by atoms with van der Waals surface area (Å²) in [4.78, 5) is 14.7. The maximum Gasteiger partial charge on any atom is 0.164 e. The van der Waals surface area contributed by atoms with Gasteiger partial charge in [-0.25, -0.2) is 15.0 Å². The van der Waals surface area contributed by atoms with Crippen LogP contribution in [0.25, 0.3) is 89.1 Å². The van der Waals surface area contributed by atoms with E-state index in [0.29, 0.717) is 23.0 Å². The molecule has 7 aromatic carbocycles. The lowest BCUT2D eigenvalue weighted by Crippen LogP contribution is -2.00. The highest BCUT2D eigenvalue weighted by molar-refractivity contribution is 6.26. The molecule has 0 unspecified atom stereocenters. The van der Waals surface area contributed by atoms with Gasteiger partial charge in [-0.3, -0.25) is 0 Å². The highest BCUT2D eigenvalue weighted by atomic mass is 16.3. The molecule has 228 valence electrons. The van der Waals surface area contributed by atoms with Crippen molar-refractivity contribution in [2.45, 2.75) is 0 Å². The summed E-state index contributed by atoms with van der Waals surface area (Å²) in [6.45, 7) is 0. The van der Waals surface area contributed by atoms with E-state index in [0.717, 1.165) is 71.7 Å². The van der Waals surface area contributed by atoms with E-state index in [2.05, 4.69) is 66.7 Å². The van der Waals surface area contributed by atoms with E-state index in [1.165, 1.54) is 0 Å². The number of aromatic nitrogens is 3. The number of benzene rings is 7. The molecular formula is C44H26N4O. The SMILES string of the molecule is N#Cc1ccc(-c2c3ccccc3c(-c3ccc(-c4nc(-c5ccccc5)nc(-c5ccccc5)n4)cc3)c3c2oc2ccccc23)cc1. The van der Waals surface area contributed by atoms with Gasteiger partial charge in [-0.1, -0.05) is 140 Å². The maximum absolute atomic E-state index is 9.44. The van der Waals surface area contributed by atoms with Crippen molar-refractivity contribution < 1.29 is 4.42 Å². The largest absolute Gasteiger partial charge is 0.455 e. The second-order valence-electron chi connectivity index (χ2n) is 11.9. The van der Waals surface area contributed by atoms with Gasteiger partial charge < -0.3 is 4.42 Å². The third-order valence-electron chi connectivity index (χ3n) is 8.97. The van der Waals surface area contributed by atoms with Crippen LogP contribution >= 0.6 is 0 Å². The van der Waals surface area contributed by atoms with Crippen LogP contribution in [0.2, 0.25) is 0 Å². The smallest absolute Gasteiger partial charge is 0.164 e. The van der Waals surface area contributed by atoms with Crippen LogP contribution in [0.1, 0.15) is 5.56 Å². The number of hydrogen-bond acceptors (Lipinski definition) is 5. The molecule has 0 fully saturated rings. The van der Waals surface area contributed by atoms with Crippen LogP contribution in [0.5, 0.6) is 0 Å². The van der Waals surface area contributed by atoms with Gasteiger partial charge >= 0.3 is 0 Å². The minimum absolute atomic E-state index is 0.610. The lowest BCUT2D eigenvalue weighted by atomic mass is 9.87. The Kier molecular flexibility index (Phi) is 6.78.